The molecular formula is C21H20ClN5O. The third-order valence-electron chi connectivity index (χ3n) is 4.74. The van der Waals surface area contributed by atoms with E-state index in [0.717, 1.165) is 42.1 Å². The quantitative estimate of drug-likeness (QED) is 0.675. The zero-order chi connectivity index (χ0) is 19.5. The lowest BCUT2D eigenvalue weighted by molar-refractivity contribution is -0.129. The number of carbonyl (C=O) groups excluding carboxylic acids is 1. The van der Waals surface area contributed by atoms with Crippen molar-refractivity contribution in [2.24, 2.45) is 0 Å². The van der Waals surface area contributed by atoms with Gasteiger partial charge in [0, 0.05) is 54.6 Å². The lowest BCUT2D eigenvalue weighted by atomic mass is 10.1. The predicted molar refractivity (Wildman–Crippen MR) is 110 cm³/mol. The number of nitrogens with zero attached hydrogens (tertiary/aromatic N) is 5. The van der Waals surface area contributed by atoms with Crippen molar-refractivity contribution >= 4 is 23.3 Å². The molecule has 0 spiro atoms. The van der Waals surface area contributed by atoms with Crippen molar-refractivity contribution in [2.45, 2.75) is 13.3 Å². The first kappa shape index (κ1) is 18.4. The van der Waals surface area contributed by atoms with Crippen LogP contribution in [-0.4, -0.2) is 45.5 Å². The highest BCUT2D eigenvalue weighted by molar-refractivity contribution is 6.30. The molecule has 0 N–H and O–H groups in total. The number of anilines is 1. The van der Waals surface area contributed by atoms with Crippen LogP contribution in [0.3, 0.4) is 0 Å². The van der Waals surface area contributed by atoms with Crippen LogP contribution in [0.1, 0.15) is 13.3 Å². The molecule has 1 fully saturated rings. The van der Waals surface area contributed by atoms with Gasteiger partial charge in [-0.05, 0) is 30.7 Å². The Morgan fingerprint density at radius 2 is 1.89 bits per heavy atom. The van der Waals surface area contributed by atoms with E-state index in [0.29, 0.717) is 17.5 Å². The first-order valence-electron chi connectivity index (χ1n) is 9.16. The monoisotopic (exact) mass is 393 g/mol. The van der Waals surface area contributed by atoms with Gasteiger partial charge in [-0.15, -0.1) is 0 Å². The number of amides is 1. The molecule has 1 amide bonds. The van der Waals surface area contributed by atoms with Crippen LogP contribution in [0.5, 0.6) is 0 Å². The first-order valence-corrected chi connectivity index (χ1v) is 9.54. The van der Waals surface area contributed by atoms with E-state index in [2.05, 4.69) is 9.88 Å². The Bertz CT molecular complexity index is 978. The van der Waals surface area contributed by atoms with Crippen molar-refractivity contribution in [3.63, 3.8) is 0 Å². The predicted octanol–water partition coefficient (Wildman–Crippen LogP) is 3.88. The summed E-state index contributed by atoms with van der Waals surface area (Å²) in [7, 11) is 0. The van der Waals surface area contributed by atoms with Gasteiger partial charge in [0.2, 0.25) is 5.91 Å². The molecule has 0 atom stereocenters. The Morgan fingerprint density at radius 3 is 2.61 bits per heavy atom. The standard InChI is InChI=1S/C21H20ClN5O/c1-15(28)26-10-3-11-27(14-26)20-12-19(16-5-7-18(22)8-6-16)24-21(25-20)17-4-2-9-23-13-17/h2,4-9,12-13H,3,10-11,14H2,1H3. The maximum absolute atomic E-state index is 11.8. The SMILES string of the molecule is CC(=O)N1CCCN(c2cc(-c3ccc(Cl)cc3)nc(-c3cccnc3)n2)C1. The largest absolute Gasteiger partial charge is 0.339 e. The summed E-state index contributed by atoms with van der Waals surface area (Å²) in [5.41, 5.74) is 2.61. The van der Waals surface area contributed by atoms with Crippen LogP contribution in [0.4, 0.5) is 5.82 Å². The second-order valence-corrected chi connectivity index (χ2v) is 7.16. The number of benzene rings is 1. The van der Waals surface area contributed by atoms with Gasteiger partial charge >= 0.3 is 0 Å². The van der Waals surface area contributed by atoms with Crippen LogP contribution in [0, 0.1) is 0 Å². The number of carbonyl (C=O) groups is 1. The molecule has 142 valence electrons. The van der Waals surface area contributed by atoms with Gasteiger partial charge in [0.05, 0.1) is 12.4 Å². The molecule has 0 saturated carbocycles. The van der Waals surface area contributed by atoms with Gasteiger partial charge in [-0.2, -0.15) is 0 Å². The summed E-state index contributed by atoms with van der Waals surface area (Å²) in [6, 6.07) is 13.4. The molecule has 0 aliphatic carbocycles. The maximum Gasteiger partial charge on any atom is 0.220 e. The van der Waals surface area contributed by atoms with Crippen LogP contribution in [0.2, 0.25) is 5.02 Å². The fourth-order valence-electron chi connectivity index (χ4n) is 3.23. The van der Waals surface area contributed by atoms with Gasteiger partial charge in [0.1, 0.15) is 5.82 Å². The average molecular weight is 394 g/mol. The highest BCUT2D eigenvalue weighted by Gasteiger charge is 2.22. The molecule has 1 saturated heterocycles. The highest BCUT2D eigenvalue weighted by atomic mass is 35.5. The number of hydrogen-bond acceptors (Lipinski definition) is 5. The molecule has 7 heteroatoms. The number of rotatable bonds is 3. The van der Waals surface area contributed by atoms with Crippen molar-refractivity contribution in [3.05, 3.63) is 59.9 Å². The fraction of sp³-hybridized carbons (Fsp3) is 0.238. The summed E-state index contributed by atoms with van der Waals surface area (Å²) in [5.74, 6) is 1.48. The fourth-order valence-corrected chi connectivity index (χ4v) is 3.36. The topological polar surface area (TPSA) is 62.2 Å². The molecule has 0 bridgehead atoms. The normalized spacial score (nSPS) is 14.2. The third kappa shape index (κ3) is 3.97. The molecule has 1 aliphatic heterocycles. The van der Waals surface area contributed by atoms with Crippen molar-refractivity contribution in [1.82, 2.24) is 19.9 Å². The van der Waals surface area contributed by atoms with Crippen molar-refractivity contribution in [2.75, 3.05) is 24.7 Å². The van der Waals surface area contributed by atoms with Crippen molar-refractivity contribution in [1.29, 1.82) is 0 Å². The zero-order valence-electron chi connectivity index (χ0n) is 15.5. The van der Waals surface area contributed by atoms with Gasteiger partial charge in [-0.25, -0.2) is 9.97 Å². The molecule has 28 heavy (non-hydrogen) atoms. The number of pyridine rings is 1. The van der Waals surface area contributed by atoms with E-state index in [-0.39, 0.29) is 5.91 Å². The van der Waals surface area contributed by atoms with Crippen LogP contribution in [0.15, 0.2) is 54.9 Å². The Labute approximate surface area is 168 Å². The molecule has 4 rings (SSSR count). The van der Waals surface area contributed by atoms with E-state index in [4.69, 9.17) is 21.6 Å². The van der Waals surface area contributed by atoms with E-state index >= 15 is 0 Å². The Balaban J connectivity index is 1.78. The van der Waals surface area contributed by atoms with Gasteiger partial charge in [-0.1, -0.05) is 23.7 Å². The molecular weight excluding hydrogens is 374 g/mol. The zero-order valence-corrected chi connectivity index (χ0v) is 16.3. The van der Waals surface area contributed by atoms with Crippen molar-refractivity contribution in [3.8, 4) is 22.6 Å². The number of aromatic nitrogens is 3. The lowest BCUT2D eigenvalue weighted by Crippen LogP contribution is -2.47. The molecule has 1 aromatic carbocycles. The van der Waals surface area contributed by atoms with Gasteiger partial charge in [0.25, 0.3) is 0 Å². The van der Waals surface area contributed by atoms with Crippen LogP contribution in [-0.2, 0) is 4.79 Å². The molecule has 2 aromatic heterocycles. The molecule has 0 unspecified atom stereocenters. The van der Waals surface area contributed by atoms with Crippen LogP contribution >= 0.6 is 11.6 Å². The Hall–Kier alpha value is -2.99. The molecule has 1 aliphatic rings. The molecule has 0 radical (unpaired) electrons. The van der Waals surface area contributed by atoms with E-state index < -0.39 is 0 Å². The van der Waals surface area contributed by atoms with E-state index in [9.17, 15) is 4.79 Å². The van der Waals surface area contributed by atoms with Crippen LogP contribution < -0.4 is 4.90 Å². The summed E-state index contributed by atoms with van der Waals surface area (Å²) in [6.07, 6.45) is 4.38. The average Bonchev–Trinajstić information content (AvgIpc) is 2.74. The first-order chi connectivity index (χ1) is 13.6. The number of halogens is 1. The van der Waals surface area contributed by atoms with E-state index in [1.54, 1.807) is 19.3 Å². The Morgan fingerprint density at radius 1 is 1.07 bits per heavy atom. The molecule has 3 heterocycles. The summed E-state index contributed by atoms with van der Waals surface area (Å²) < 4.78 is 0. The summed E-state index contributed by atoms with van der Waals surface area (Å²) in [6.45, 7) is 3.74. The van der Waals surface area contributed by atoms with Gasteiger partial charge in [-0.3, -0.25) is 9.78 Å². The summed E-state index contributed by atoms with van der Waals surface area (Å²) in [4.78, 5) is 29.5. The van der Waals surface area contributed by atoms with Gasteiger partial charge in [0.15, 0.2) is 5.82 Å². The number of hydrogen-bond donors (Lipinski definition) is 0. The van der Waals surface area contributed by atoms with Gasteiger partial charge < -0.3 is 9.80 Å². The maximum atomic E-state index is 11.8. The van der Waals surface area contributed by atoms with E-state index in [1.807, 2.05) is 47.4 Å². The molecule has 6 nitrogen and oxygen atoms in total. The van der Waals surface area contributed by atoms with E-state index in [1.165, 1.54) is 0 Å². The lowest BCUT2D eigenvalue weighted by Gasteiger charge is -2.36. The second kappa shape index (κ2) is 7.94. The van der Waals surface area contributed by atoms with Crippen LogP contribution in [0.25, 0.3) is 22.6 Å². The van der Waals surface area contributed by atoms with Crippen molar-refractivity contribution < 1.29 is 4.79 Å². The third-order valence-corrected chi connectivity index (χ3v) is 4.99. The minimum atomic E-state index is 0.0733. The smallest absolute Gasteiger partial charge is 0.220 e. The second-order valence-electron chi connectivity index (χ2n) is 6.72. The Kier molecular flexibility index (Phi) is 5.21. The minimum absolute atomic E-state index is 0.0733. The minimum Gasteiger partial charge on any atom is -0.339 e. The molecule has 3 aromatic rings. The highest BCUT2D eigenvalue weighted by Crippen LogP contribution is 2.27. The summed E-state index contributed by atoms with van der Waals surface area (Å²) in [5, 5.41) is 0.679. The summed E-state index contributed by atoms with van der Waals surface area (Å²) >= 11 is 6.04.